The van der Waals surface area contributed by atoms with Crippen LogP contribution in [0, 0.1) is 0 Å². The maximum Gasteiger partial charge on any atom is 0.410 e. The van der Waals surface area contributed by atoms with E-state index in [2.05, 4.69) is 37.8 Å². The second-order valence-corrected chi connectivity index (χ2v) is 10.1. The summed E-state index contributed by atoms with van der Waals surface area (Å²) < 4.78 is 5.51. The highest BCUT2D eigenvalue weighted by Crippen LogP contribution is 2.37. The summed E-state index contributed by atoms with van der Waals surface area (Å²) >= 11 is 0. The van der Waals surface area contributed by atoms with Gasteiger partial charge >= 0.3 is 12.1 Å². The third-order valence-corrected chi connectivity index (χ3v) is 5.65. The van der Waals surface area contributed by atoms with Crippen LogP contribution in [0.4, 0.5) is 9.59 Å². The van der Waals surface area contributed by atoms with Gasteiger partial charge in [-0.1, -0.05) is 30.3 Å². The molecule has 1 unspecified atom stereocenters. The Morgan fingerprint density at radius 1 is 1.00 bits per heavy atom. The van der Waals surface area contributed by atoms with Gasteiger partial charge in [-0.3, -0.25) is 0 Å². The van der Waals surface area contributed by atoms with E-state index in [4.69, 9.17) is 4.74 Å². The van der Waals surface area contributed by atoms with Crippen LogP contribution in [0.5, 0.6) is 0 Å². The number of piperidine rings is 1. The van der Waals surface area contributed by atoms with Gasteiger partial charge in [-0.15, -0.1) is 0 Å². The summed E-state index contributed by atoms with van der Waals surface area (Å²) in [6.07, 6.45) is 1.28. The van der Waals surface area contributed by atoms with Crippen molar-refractivity contribution < 1.29 is 14.3 Å². The van der Waals surface area contributed by atoms with Crippen molar-refractivity contribution in [3.8, 4) is 0 Å². The molecule has 6 heteroatoms. The Balaban J connectivity index is 1.75. The number of urea groups is 1. The normalized spacial score (nSPS) is 21.7. The Bertz CT molecular complexity index is 728. The van der Waals surface area contributed by atoms with Gasteiger partial charge in [-0.25, -0.2) is 9.59 Å². The van der Waals surface area contributed by atoms with Crippen LogP contribution in [0.25, 0.3) is 0 Å². The van der Waals surface area contributed by atoms with Crippen LogP contribution in [-0.4, -0.2) is 63.6 Å². The minimum absolute atomic E-state index is 0.0426. The summed E-state index contributed by atoms with van der Waals surface area (Å²) in [6, 6.07) is 10.5. The summed E-state index contributed by atoms with van der Waals surface area (Å²) in [6.45, 7) is 13.8. The number of hydrogen-bond donors (Lipinski definition) is 0. The zero-order valence-electron chi connectivity index (χ0n) is 18.6. The SMILES string of the molecule is CC(C)(C)OC(=O)N1CCC(N2C(=O)N(C(C)(C)C)CC2c2ccccc2)CC1. The Kier molecular flexibility index (Phi) is 5.84. The van der Waals surface area contributed by atoms with Crippen molar-refractivity contribution in [3.05, 3.63) is 35.9 Å². The van der Waals surface area contributed by atoms with Crippen molar-refractivity contribution in [1.82, 2.24) is 14.7 Å². The molecule has 1 aromatic rings. The minimum Gasteiger partial charge on any atom is -0.444 e. The average Bonchev–Trinajstić information content (AvgIpc) is 2.99. The van der Waals surface area contributed by atoms with Gasteiger partial charge in [0.1, 0.15) is 5.60 Å². The van der Waals surface area contributed by atoms with Crippen LogP contribution in [0.3, 0.4) is 0 Å². The highest BCUT2D eigenvalue weighted by molar-refractivity contribution is 5.79. The smallest absolute Gasteiger partial charge is 0.410 e. The van der Waals surface area contributed by atoms with E-state index in [1.54, 1.807) is 4.90 Å². The lowest BCUT2D eigenvalue weighted by Gasteiger charge is -2.39. The third-order valence-electron chi connectivity index (χ3n) is 5.65. The fourth-order valence-corrected chi connectivity index (χ4v) is 4.18. The number of nitrogens with zero attached hydrogens (tertiary/aromatic N) is 3. The summed E-state index contributed by atoms with van der Waals surface area (Å²) in [7, 11) is 0. The molecule has 6 nitrogen and oxygen atoms in total. The van der Waals surface area contributed by atoms with Gasteiger partial charge in [0.25, 0.3) is 0 Å². The van der Waals surface area contributed by atoms with Crippen molar-refractivity contribution in [2.24, 2.45) is 0 Å². The van der Waals surface area contributed by atoms with Gasteiger partial charge in [0.2, 0.25) is 0 Å². The number of amides is 3. The molecule has 0 aromatic heterocycles. The van der Waals surface area contributed by atoms with E-state index >= 15 is 0 Å². The highest BCUT2D eigenvalue weighted by atomic mass is 16.6. The van der Waals surface area contributed by atoms with Gasteiger partial charge in [0, 0.05) is 31.2 Å². The fraction of sp³-hybridized carbons (Fsp3) is 0.652. The summed E-state index contributed by atoms with van der Waals surface area (Å²) in [5.74, 6) is 0. The van der Waals surface area contributed by atoms with E-state index in [0.717, 1.165) is 12.8 Å². The van der Waals surface area contributed by atoms with Crippen molar-refractivity contribution in [2.75, 3.05) is 19.6 Å². The first-order chi connectivity index (χ1) is 13.5. The fourth-order valence-electron chi connectivity index (χ4n) is 4.18. The van der Waals surface area contributed by atoms with Crippen molar-refractivity contribution >= 4 is 12.1 Å². The van der Waals surface area contributed by atoms with Crippen LogP contribution in [0.15, 0.2) is 30.3 Å². The van der Waals surface area contributed by atoms with Gasteiger partial charge < -0.3 is 19.4 Å². The van der Waals surface area contributed by atoms with Gasteiger partial charge in [-0.2, -0.15) is 0 Å². The van der Waals surface area contributed by atoms with Gasteiger partial charge in [0.15, 0.2) is 0 Å². The minimum atomic E-state index is -0.496. The Morgan fingerprint density at radius 3 is 2.10 bits per heavy atom. The van der Waals surface area contributed by atoms with Crippen molar-refractivity contribution in [1.29, 1.82) is 0 Å². The molecule has 0 bridgehead atoms. The zero-order valence-corrected chi connectivity index (χ0v) is 18.6. The molecule has 3 rings (SSSR count). The molecule has 2 heterocycles. The molecule has 2 aliphatic rings. The van der Waals surface area contributed by atoms with Gasteiger partial charge in [0.05, 0.1) is 6.04 Å². The lowest BCUT2D eigenvalue weighted by molar-refractivity contribution is 0.0157. The second kappa shape index (κ2) is 7.88. The molecule has 0 radical (unpaired) electrons. The van der Waals surface area contributed by atoms with E-state index < -0.39 is 5.60 Å². The van der Waals surface area contributed by atoms with Crippen molar-refractivity contribution in [3.63, 3.8) is 0 Å². The number of carbonyl (C=O) groups excluding carboxylic acids is 2. The largest absolute Gasteiger partial charge is 0.444 e. The molecule has 1 aromatic carbocycles. The molecule has 2 aliphatic heterocycles. The molecule has 0 aliphatic carbocycles. The molecule has 0 N–H and O–H groups in total. The monoisotopic (exact) mass is 401 g/mol. The first-order valence-electron chi connectivity index (χ1n) is 10.6. The topological polar surface area (TPSA) is 53.1 Å². The van der Waals surface area contributed by atoms with Crippen LogP contribution in [0.2, 0.25) is 0 Å². The summed E-state index contributed by atoms with van der Waals surface area (Å²) in [5.41, 5.74) is 0.447. The lowest BCUT2D eigenvalue weighted by atomic mass is 9.99. The number of rotatable bonds is 2. The van der Waals surface area contributed by atoms with E-state index in [9.17, 15) is 9.59 Å². The number of hydrogen-bond acceptors (Lipinski definition) is 3. The Labute approximate surface area is 174 Å². The predicted molar refractivity (Wildman–Crippen MR) is 114 cm³/mol. The number of benzene rings is 1. The first-order valence-corrected chi connectivity index (χ1v) is 10.6. The number of ether oxygens (including phenoxy) is 1. The molecule has 1 atom stereocenters. The average molecular weight is 402 g/mol. The standard InChI is InChI=1S/C23H35N3O3/c1-22(2,3)25-16-19(17-10-8-7-9-11-17)26(20(25)27)18-12-14-24(15-13-18)21(28)29-23(4,5)6/h7-11,18-19H,12-16H2,1-6H3. The molecular formula is C23H35N3O3. The van der Waals surface area contributed by atoms with Crippen molar-refractivity contribution in [2.45, 2.75) is 77.6 Å². The number of carbonyl (C=O) groups is 2. The zero-order chi connectivity index (χ0) is 21.4. The molecule has 2 fully saturated rings. The first kappa shape index (κ1) is 21.5. The lowest BCUT2D eigenvalue weighted by Crippen LogP contribution is -2.51. The Morgan fingerprint density at radius 2 is 1.59 bits per heavy atom. The third kappa shape index (κ3) is 4.85. The van der Waals surface area contributed by atoms with Crippen LogP contribution < -0.4 is 0 Å². The molecule has 29 heavy (non-hydrogen) atoms. The van der Waals surface area contributed by atoms with Crippen LogP contribution in [0.1, 0.15) is 66.0 Å². The molecule has 3 amide bonds. The predicted octanol–water partition coefficient (Wildman–Crippen LogP) is 4.66. The van der Waals surface area contributed by atoms with E-state index in [1.807, 2.05) is 43.9 Å². The van der Waals surface area contributed by atoms with E-state index in [1.165, 1.54) is 5.56 Å². The van der Waals surface area contributed by atoms with Gasteiger partial charge in [-0.05, 0) is 59.9 Å². The van der Waals surface area contributed by atoms with Crippen LogP contribution in [-0.2, 0) is 4.74 Å². The summed E-state index contributed by atoms with van der Waals surface area (Å²) in [4.78, 5) is 31.6. The molecular weight excluding hydrogens is 366 g/mol. The molecule has 0 spiro atoms. The second-order valence-electron chi connectivity index (χ2n) is 10.1. The summed E-state index contributed by atoms with van der Waals surface area (Å²) in [5, 5.41) is 0. The number of likely N-dealkylation sites (tertiary alicyclic amines) is 1. The van der Waals surface area contributed by atoms with E-state index in [0.29, 0.717) is 19.6 Å². The molecule has 0 saturated carbocycles. The highest BCUT2D eigenvalue weighted by Gasteiger charge is 2.46. The Hall–Kier alpha value is -2.24. The molecule has 2 saturated heterocycles. The van der Waals surface area contributed by atoms with E-state index in [-0.39, 0.29) is 29.7 Å². The maximum atomic E-state index is 13.4. The quantitative estimate of drug-likeness (QED) is 0.724. The van der Waals surface area contributed by atoms with Crippen LogP contribution >= 0.6 is 0 Å². The molecule has 160 valence electrons. The maximum absolute atomic E-state index is 13.4.